The second-order valence-corrected chi connectivity index (χ2v) is 6.46. The minimum atomic E-state index is -0.417. The summed E-state index contributed by atoms with van der Waals surface area (Å²) in [5.74, 6) is -0.922. The van der Waals surface area contributed by atoms with Crippen LogP contribution in [0.1, 0.15) is 46.4 Å². The molecule has 1 aliphatic rings. The molecule has 0 aliphatic carbocycles. The normalized spacial score (nSPS) is 15.0. The van der Waals surface area contributed by atoms with Gasteiger partial charge in [-0.1, -0.05) is 42.0 Å². The summed E-state index contributed by atoms with van der Waals surface area (Å²) in [5.41, 5.74) is 8.22. The molecule has 0 saturated carbocycles. The maximum atomic E-state index is 12.4. The molecule has 0 unspecified atom stereocenters. The summed E-state index contributed by atoms with van der Waals surface area (Å²) >= 11 is 0. The van der Waals surface area contributed by atoms with Gasteiger partial charge < -0.3 is 4.90 Å². The van der Waals surface area contributed by atoms with Gasteiger partial charge >= 0.3 is 0 Å². The highest BCUT2D eigenvalue weighted by Crippen LogP contribution is 2.32. The van der Waals surface area contributed by atoms with E-state index in [1.807, 2.05) is 49.4 Å². The molecule has 2 aromatic rings. The lowest BCUT2D eigenvalue weighted by molar-refractivity contribution is -0.130. The van der Waals surface area contributed by atoms with Crippen molar-refractivity contribution in [3.8, 4) is 0 Å². The number of nitrogens with one attached hydrogen (secondary N) is 2. The number of carbonyl (C=O) groups is 3. The van der Waals surface area contributed by atoms with Crippen molar-refractivity contribution in [1.29, 1.82) is 0 Å². The number of nitrogens with zero attached hydrogens (tertiary/aromatic N) is 1. The summed E-state index contributed by atoms with van der Waals surface area (Å²) in [7, 11) is 0. The van der Waals surface area contributed by atoms with Crippen LogP contribution in [0.4, 0.5) is 0 Å². The van der Waals surface area contributed by atoms with Crippen molar-refractivity contribution in [3.05, 3.63) is 77.0 Å². The molecule has 0 fully saturated rings. The smallest absolute Gasteiger partial charge is 0.269 e. The Bertz CT molecular complexity index is 903. The van der Waals surface area contributed by atoms with Gasteiger partial charge in [0.05, 0.1) is 12.5 Å². The topological polar surface area (TPSA) is 78.5 Å². The summed E-state index contributed by atoms with van der Waals surface area (Å²) in [4.78, 5) is 38.0. The summed E-state index contributed by atoms with van der Waals surface area (Å²) in [6, 6.07) is 14.2. The lowest BCUT2D eigenvalue weighted by Crippen LogP contribution is -2.43. The van der Waals surface area contributed by atoms with Gasteiger partial charge in [0.25, 0.3) is 5.91 Å². The van der Waals surface area contributed by atoms with E-state index in [0.29, 0.717) is 5.56 Å². The van der Waals surface area contributed by atoms with Gasteiger partial charge in [-0.05, 0) is 36.3 Å². The van der Waals surface area contributed by atoms with E-state index in [2.05, 4.69) is 10.9 Å². The van der Waals surface area contributed by atoms with Crippen LogP contribution in [0.15, 0.2) is 54.7 Å². The zero-order chi connectivity index (χ0) is 19.4. The van der Waals surface area contributed by atoms with Crippen LogP contribution in [0.25, 0.3) is 6.08 Å². The molecule has 1 atom stereocenters. The fourth-order valence-corrected chi connectivity index (χ4v) is 3.04. The Kier molecular flexibility index (Phi) is 5.35. The zero-order valence-corrected chi connectivity index (χ0v) is 15.2. The standard InChI is InChI=1S/C21H21N3O3/c1-14-7-9-17(10-8-14)21(27)23-22-20(26)13-19-18-6-4-3-5-16(18)11-12-24(19)15(2)25/h3-12,19H,13H2,1-2H3,(H,22,26)(H,23,27)/t19-/m1/s1. The van der Waals surface area contributed by atoms with Gasteiger partial charge in [0.2, 0.25) is 11.8 Å². The number of rotatable bonds is 3. The Morgan fingerprint density at radius 1 is 1.00 bits per heavy atom. The van der Waals surface area contributed by atoms with Crippen LogP contribution in [0.5, 0.6) is 0 Å². The van der Waals surface area contributed by atoms with Gasteiger partial charge in [-0.3, -0.25) is 25.2 Å². The van der Waals surface area contributed by atoms with Crippen molar-refractivity contribution >= 4 is 23.8 Å². The second kappa shape index (κ2) is 7.86. The molecule has 27 heavy (non-hydrogen) atoms. The molecule has 6 heteroatoms. The highest BCUT2D eigenvalue weighted by atomic mass is 16.2. The van der Waals surface area contributed by atoms with E-state index in [1.54, 1.807) is 18.3 Å². The highest BCUT2D eigenvalue weighted by Gasteiger charge is 2.28. The van der Waals surface area contributed by atoms with Crippen LogP contribution in [-0.2, 0) is 9.59 Å². The zero-order valence-electron chi connectivity index (χ0n) is 15.2. The van der Waals surface area contributed by atoms with E-state index in [9.17, 15) is 14.4 Å². The van der Waals surface area contributed by atoms with Gasteiger partial charge in [0.1, 0.15) is 0 Å². The molecule has 0 bridgehead atoms. The van der Waals surface area contributed by atoms with Crippen LogP contribution in [0.2, 0.25) is 0 Å². The maximum absolute atomic E-state index is 12.4. The van der Waals surface area contributed by atoms with Gasteiger partial charge in [-0.2, -0.15) is 0 Å². The van der Waals surface area contributed by atoms with E-state index in [4.69, 9.17) is 0 Å². The quantitative estimate of drug-likeness (QED) is 0.823. The predicted octanol–water partition coefficient (Wildman–Crippen LogP) is 2.72. The van der Waals surface area contributed by atoms with E-state index < -0.39 is 11.9 Å². The first-order valence-corrected chi connectivity index (χ1v) is 8.67. The average molecular weight is 363 g/mol. The lowest BCUT2D eigenvalue weighted by Gasteiger charge is -2.32. The Balaban J connectivity index is 1.67. The van der Waals surface area contributed by atoms with Crippen molar-refractivity contribution in [2.75, 3.05) is 0 Å². The molecule has 2 aromatic carbocycles. The fourth-order valence-electron chi connectivity index (χ4n) is 3.04. The third kappa shape index (κ3) is 4.23. The van der Waals surface area contributed by atoms with E-state index in [-0.39, 0.29) is 18.2 Å². The molecule has 6 nitrogen and oxygen atoms in total. The van der Waals surface area contributed by atoms with E-state index >= 15 is 0 Å². The first-order chi connectivity index (χ1) is 13.0. The summed E-state index contributed by atoms with van der Waals surface area (Å²) in [6.45, 7) is 3.39. The first-order valence-electron chi connectivity index (χ1n) is 8.67. The number of hydrogen-bond acceptors (Lipinski definition) is 3. The average Bonchev–Trinajstić information content (AvgIpc) is 2.66. The molecule has 1 aliphatic heterocycles. The Hall–Kier alpha value is -3.41. The lowest BCUT2D eigenvalue weighted by atomic mass is 9.93. The molecule has 1 heterocycles. The number of amides is 3. The summed E-state index contributed by atoms with van der Waals surface area (Å²) < 4.78 is 0. The number of hydrazine groups is 1. The minimum absolute atomic E-state index is 0.0368. The molecule has 0 spiro atoms. The van der Waals surface area contributed by atoms with Crippen molar-refractivity contribution in [3.63, 3.8) is 0 Å². The first kappa shape index (κ1) is 18.4. The van der Waals surface area contributed by atoms with E-state index in [0.717, 1.165) is 16.7 Å². The maximum Gasteiger partial charge on any atom is 0.269 e. The van der Waals surface area contributed by atoms with Crippen LogP contribution in [-0.4, -0.2) is 22.6 Å². The van der Waals surface area contributed by atoms with Crippen molar-refractivity contribution in [2.24, 2.45) is 0 Å². The summed E-state index contributed by atoms with van der Waals surface area (Å²) in [6.07, 6.45) is 3.58. The molecule has 0 saturated heterocycles. The molecular weight excluding hydrogens is 342 g/mol. The summed E-state index contributed by atoms with van der Waals surface area (Å²) in [5, 5.41) is 0. The van der Waals surface area contributed by atoms with Gasteiger partial charge in [-0.15, -0.1) is 0 Å². The predicted molar refractivity (Wildman–Crippen MR) is 102 cm³/mol. The molecule has 2 N–H and O–H groups in total. The second-order valence-electron chi connectivity index (χ2n) is 6.46. The van der Waals surface area contributed by atoms with Gasteiger partial charge in [-0.25, -0.2) is 0 Å². The largest absolute Gasteiger partial charge is 0.311 e. The number of fused-ring (bicyclic) bond motifs is 1. The van der Waals surface area contributed by atoms with Gasteiger partial charge in [0.15, 0.2) is 0 Å². The van der Waals surface area contributed by atoms with Crippen LogP contribution < -0.4 is 10.9 Å². The molecule has 138 valence electrons. The van der Waals surface area contributed by atoms with Crippen molar-refractivity contribution < 1.29 is 14.4 Å². The van der Waals surface area contributed by atoms with E-state index in [1.165, 1.54) is 11.8 Å². The van der Waals surface area contributed by atoms with Crippen LogP contribution in [0, 0.1) is 6.92 Å². The van der Waals surface area contributed by atoms with Crippen molar-refractivity contribution in [2.45, 2.75) is 26.3 Å². The number of carbonyl (C=O) groups excluding carboxylic acids is 3. The Labute approximate surface area is 157 Å². The fraction of sp³-hybridized carbons (Fsp3) is 0.190. The number of aryl methyl sites for hydroxylation is 1. The third-order valence-electron chi connectivity index (χ3n) is 4.48. The number of hydrogen-bond donors (Lipinski definition) is 2. The highest BCUT2D eigenvalue weighted by molar-refractivity contribution is 5.95. The molecule has 3 rings (SSSR count). The third-order valence-corrected chi connectivity index (χ3v) is 4.48. The SMILES string of the molecule is CC(=O)N1C=Cc2ccccc2[C@H]1CC(=O)NNC(=O)c1ccc(C)cc1. The van der Waals surface area contributed by atoms with Crippen LogP contribution >= 0.6 is 0 Å². The van der Waals surface area contributed by atoms with Crippen LogP contribution in [0.3, 0.4) is 0 Å². The Morgan fingerprint density at radius 3 is 2.41 bits per heavy atom. The monoisotopic (exact) mass is 363 g/mol. The van der Waals surface area contributed by atoms with Crippen molar-refractivity contribution in [1.82, 2.24) is 15.8 Å². The molecule has 3 amide bonds. The molecule has 0 aromatic heterocycles. The number of benzene rings is 2. The molecule has 0 radical (unpaired) electrons. The Morgan fingerprint density at radius 2 is 1.70 bits per heavy atom. The minimum Gasteiger partial charge on any atom is -0.311 e. The van der Waals surface area contributed by atoms with Gasteiger partial charge in [0, 0.05) is 18.7 Å². The molecular formula is C21H21N3O3.